The summed E-state index contributed by atoms with van der Waals surface area (Å²) in [6.45, 7) is 5.44. The number of hydrogen-bond acceptors (Lipinski definition) is 3. The monoisotopic (exact) mass is 325 g/mol. The fourth-order valence-corrected chi connectivity index (χ4v) is 3.65. The molecule has 0 saturated heterocycles. The number of halogens is 1. The molecule has 0 spiro atoms. The van der Waals surface area contributed by atoms with Crippen LogP contribution >= 0.6 is 12.4 Å². The van der Waals surface area contributed by atoms with Gasteiger partial charge in [0.1, 0.15) is 0 Å². The molecule has 1 fully saturated rings. The molecule has 1 aliphatic heterocycles. The second-order valence-corrected chi connectivity index (χ2v) is 6.69. The number of fused-ring (bicyclic) bond motifs is 1. The summed E-state index contributed by atoms with van der Waals surface area (Å²) in [6.07, 6.45) is 4.77. The van der Waals surface area contributed by atoms with E-state index in [0.29, 0.717) is 18.6 Å². The number of hydrogen-bond donors (Lipinski definition) is 1. The van der Waals surface area contributed by atoms with Crippen LogP contribution in [0.25, 0.3) is 0 Å². The second kappa shape index (κ2) is 8.30. The SMILES string of the molecule is CC1CCCC1OCC(O)CN1CCc2ccccc2C1.Cl. The molecule has 0 bridgehead atoms. The molecule has 1 aliphatic carbocycles. The van der Waals surface area contributed by atoms with Crippen molar-refractivity contribution in [3.8, 4) is 0 Å². The molecule has 4 heteroatoms. The Bertz CT molecular complexity index is 468. The maximum Gasteiger partial charge on any atom is 0.0900 e. The third-order valence-corrected chi connectivity index (χ3v) is 4.96. The van der Waals surface area contributed by atoms with Crippen LogP contribution in [0.2, 0.25) is 0 Å². The Morgan fingerprint density at radius 3 is 2.77 bits per heavy atom. The molecular formula is C18H28ClNO2. The van der Waals surface area contributed by atoms with E-state index in [0.717, 1.165) is 32.5 Å². The Kier molecular flexibility index (Phi) is 6.69. The van der Waals surface area contributed by atoms with E-state index in [1.807, 2.05) is 0 Å². The van der Waals surface area contributed by atoms with Crippen molar-refractivity contribution in [3.63, 3.8) is 0 Å². The van der Waals surface area contributed by atoms with Crippen LogP contribution < -0.4 is 0 Å². The van der Waals surface area contributed by atoms with Crippen LogP contribution in [0.3, 0.4) is 0 Å². The maximum absolute atomic E-state index is 10.2. The molecule has 0 amide bonds. The number of rotatable bonds is 5. The van der Waals surface area contributed by atoms with Crippen LogP contribution in [0.5, 0.6) is 0 Å². The Hall–Kier alpha value is -0.610. The number of aliphatic hydroxyl groups excluding tert-OH is 1. The zero-order valence-corrected chi connectivity index (χ0v) is 14.2. The molecular weight excluding hydrogens is 298 g/mol. The first kappa shape index (κ1) is 17.7. The van der Waals surface area contributed by atoms with E-state index in [-0.39, 0.29) is 18.5 Å². The van der Waals surface area contributed by atoms with Gasteiger partial charge in [0.05, 0.1) is 18.8 Å². The number of benzene rings is 1. The summed E-state index contributed by atoms with van der Waals surface area (Å²) in [6, 6.07) is 8.63. The molecule has 1 aromatic rings. The van der Waals surface area contributed by atoms with Crippen molar-refractivity contribution in [2.75, 3.05) is 19.7 Å². The molecule has 1 aromatic carbocycles. The van der Waals surface area contributed by atoms with Crippen molar-refractivity contribution < 1.29 is 9.84 Å². The Morgan fingerprint density at radius 2 is 2.05 bits per heavy atom. The zero-order chi connectivity index (χ0) is 14.7. The average molecular weight is 326 g/mol. The van der Waals surface area contributed by atoms with Crippen molar-refractivity contribution in [1.29, 1.82) is 0 Å². The number of ether oxygens (including phenoxy) is 1. The van der Waals surface area contributed by atoms with E-state index in [4.69, 9.17) is 4.74 Å². The minimum absolute atomic E-state index is 0. The van der Waals surface area contributed by atoms with E-state index < -0.39 is 0 Å². The number of nitrogens with zero attached hydrogens (tertiary/aromatic N) is 1. The fourth-order valence-electron chi connectivity index (χ4n) is 3.65. The van der Waals surface area contributed by atoms with Crippen molar-refractivity contribution in [2.24, 2.45) is 5.92 Å². The molecule has 1 saturated carbocycles. The highest BCUT2D eigenvalue weighted by Gasteiger charge is 2.25. The van der Waals surface area contributed by atoms with Crippen LogP contribution in [0.1, 0.15) is 37.3 Å². The molecule has 3 rings (SSSR count). The number of β-amino-alcohol motifs (C(OH)–C–C–N with tert-alkyl or cyclic N) is 1. The van der Waals surface area contributed by atoms with Gasteiger partial charge in [-0.25, -0.2) is 0 Å². The normalized spacial score (nSPS) is 26.3. The van der Waals surface area contributed by atoms with Gasteiger partial charge >= 0.3 is 0 Å². The van der Waals surface area contributed by atoms with Crippen LogP contribution in [0.4, 0.5) is 0 Å². The van der Waals surface area contributed by atoms with Gasteiger partial charge in [0.15, 0.2) is 0 Å². The lowest BCUT2D eigenvalue weighted by Gasteiger charge is -2.30. The van der Waals surface area contributed by atoms with Gasteiger partial charge in [-0.2, -0.15) is 0 Å². The average Bonchev–Trinajstić information content (AvgIpc) is 2.90. The van der Waals surface area contributed by atoms with Crippen molar-refractivity contribution in [3.05, 3.63) is 35.4 Å². The third-order valence-electron chi connectivity index (χ3n) is 4.96. The Balaban J connectivity index is 0.00000176. The summed E-state index contributed by atoms with van der Waals surface area (Å²) >= 11 is 0. The number of aliphatic hydroxyl groups is 1. The van der Waals surface area contributed by atoms with Gasteiger partial charge in [0.25, 0.3) is 0 Å². The van der Waals surface area contributed by atoms with E-state index >= 15 is 0 Å². The highest BCUT2D eigenvalue weighted by atomic mass is 35.5. The van der Waals surface area contributed by atoms with Crippen LogP contribution in [-0.2, 0) is 17.7 Å². The summed E-state index contributed by atoms with van der Waals surface area (Å²) in [4.78, 5) is 2.34. The summed E-state index contributed by atoms with van der Waals surface area (Å²) in [5, 5.41) is 10.2. The van der Waals surface area contributed by atoms with Gasteiger partial charge in [-0.1, -0.05) is 37.6 Å². The molecule has 3 unspecified atom stereocenters. The first-order valence-corrected chi connectivity index (χ1v) is 8.31. The van der Waals surface area contributed by atoms with Gasteiger partial charge in [0.2, 0.25) is 0 Å². The van der Waals surface area contributed by atoms with E-state index in [1.54, 1.807) is 0 Å². The van der Waals surface area contributed by atoms with E-state index in [9.17, 15) is 5.11 Å². The van der Waals surface area contributed by atoms with Crippen molar-refractivity contribution >= 4 is 12.4 Å². The lowest BCUT2D eigenvalue weighted by atomic mass is 10.00. The van der Waals surface area contributed by atoms with Gasteiger partial charge in [-0.05, 0) is 36.3 Å². The standard InChI is InChI=1S/C18H27NO2.ClH/c1-14-5-4-8-18(14)21-13-17(20)12-19-10-9-15-6-2-3-7-16(15)11-19;/h2-3,6-7,14,17-18,20H,4-5,8-13H2,1H3;1H. The van der Waals surface area contributed by atoms with Crippen LogP contribution in [0.15, 0.2) is 24.3 Å². The Morgan fingerprint density at radius 1 is 1.27 bits per heavy atom. The van der Waals surface area contributed by atoms with E-state index in [1.165, 1.54) is 24.0 Å². The highest BCUT2D eigenvalue weighted by Crippen LogP contribution is 2.27. The quantitative estimate of drug-likeness (QED) is 0.903. The van der Waals surface area contributed by atoms with Gasteiger partial charge in [-0.3, -0.25) is 4.90 Å². The smallest absolute Gasteiger partial charge is 0.0900 e. The molecule has 22 heavy (non-hydrogen) atoms. The molecule has 0 aromatic heterocycles. The zero-order valence-electron chi connectivity index (χ0n) is 13.4. The Labute approximate surface area is 140 Å². The highest BCUT2D eigenvalue weighted by molar-refractivity contribution is 5.85. The third kappa shape index (κ3) is 4.45. The molecule has 3 nitrogen and oxygen atoms in total. The van der Waals surface area contributed by atoms with Crippen molar-refractivity contribution in [1.82, 2.24) is 4.90 Å². The molecule has 0 radical (unpaired) electrons. The first-order chi connectivity index (χ1) is 10.2. The first-order valence-electron chi connectivity index (χ1n) is 8.31. The summed E-state index contributed by atoms with van der Waals surface area (Å²) in [5.74, 6) is 0.652. The summed E-state index contributed by atoms with van der Waals surface area (Å²) in [5.41, 5.74) is 2.86. The summed E-state index contributed by atoms with van der Waals surface area (Å²) < 4.78 is 5.91. The largest absolute Gasteiger partial charge is 0.389 e. The minimum atomic E-state index is -0.372. The summed E-state index contributed by atoms with van der Waals surface area (Å²) in [7, 11) is 0. The minimum Gasteiger partial charge on any atom is -0.389 e. The fraction of sp³-hybridized carbons (Fsp3) is 0.667. The molecule has 1 N–H and O–H groups in total. The van der Waals surface area contributed by atoms with Crippen LogP contribution in [-0.4, -0.2) is 41.9 Å². The lowest BCUT2D eigenvalue weighted by molar-refractivity contribution is -0.0329. The second-order valence-electron chi connectivity index (χ2n) is 6.69. The van der Waals surface area contributed by atoms with Gasteiger partial charge < -0.3 is 9.84 Å². The molecule has 3 atom stereocenters. The predicted octanol–water partition coefficient (Wildman–Crippen LogP) is 3.03. The van der Waals surface area contributed by atoms with E-state index in [2.05, 4.69) is 36.1 Å². The molecule has 2 aliphatic rings. The van der Waals surface area contributed by atoms with Gasteiger partial charge in [0, 0.05) is 19.6 Å². The molecule has 1 heterocycles. The lowest BCUT2D eigenvalue weighted by Crippen LogP contribution is -2.39. The molecule has 124 valence electrons. The predicted molar refractivity (Wildman–Crippen MR) is 91.4 cm³/mol. The van der Waals surface area contributed by atoms with Crippen molar-refractivity contribution in [2.45, 2.75) is 51.4 Å². The topological polar surface area (TPSA) is 32.7 Å². The van der Waals surface area contributed by atoms with Gasteiger partial charge in [-0.15, -0.1) is 12.4 Å². The van der Waals surface area contributed by atoms with Crippen LogP contribution in [0, 0.1) is 5.92 Å². The maximum atomic E-state index is 10.2.